The molecule has 0 aliphatic heterocycles. The summed E-state index contributed by atoms with van der Waals surface area (Å²) in [5, 5.41) is 6.78. The number of benzene rings is 2. The maximum Gasteiger partial charge on any atom is 0.338 e. The second kappa shape index (κ2) is 11.3. The monoisotopic (exact) mass is 416 g/mol. The fraction of sp³-hybridized carbons (Fsp3) is 0.364. The minimum absolute atomic E-state index is 0.335. The quantitative estimate of drug-likeness (QED) is 0.462. The van der Waals surface area contributed by atoms with Gasteiger partial charge in [0.2, 0.25) is 0 Å². The van der Waals surface area contributed by atoms with Crippen LogP contribution in [0.4, 0.5) is 5.69 Å². The van der Waals surface area contributed by atoms with Crippen LogP contribution in [0.2, 0.25) is 0 Å². The number of rotatable bonds is 9. The Balaban J connectivity index is 2.02. The van der Waals surface area contributed by atoms with Crippen LogP contribution in [-0.4, -0.2) is 30.9 Å². The van der Waals surface area contributed by atoms with Gasteiger partial charge < -0.3 is 24.8 Å². The van der Waals surface area contributed by atoms with Crippen LogP contribution in [-0.2, 0) is 11.3 Å². The molecule has 0 atom stereocenters. The Kier molecular flexibility index (Phi) is 8.73. The maximum atomic E-state index is 12.1. The standard InChI is InChI=1S/C22H28N2O4S/c1-5-26-19-12-11-16(13-20(19)27-6-2)14-23-22(29)24-18-10-8-9-17(15(18)4)21(25)28-7-3/h8-13H,5-7,14H2,1-4H3,(H2,23,24,29). The first-order chi connectivity index (χ1) is 14.0. The van der Waals surface area contributed by atoms with Crippen LogP contribution in [0.3, 0.4) is 0 Å². The molecule has 0 saturated heterocycles. The van der Waals surface area contributed by atoms with Crippen LogP contribution < -0.4 is 20.1 Å². The number of esters is 1. The lowest BCUT2D eigenvalue weighted by Crippen LogP contribution is -2.28. The highest BCUT2D eigenvalue weighted by atomic mass is 32.1. The first-order valence-electron chi connectivity index (χ1n) is 9.70. The Morgan fingerprint density at radius 1 is 1.00 bits per heavy atom. The molecule has 0 heterocycles. The highest BCUT2D eigenvalue weighted by Crippen LogP contribution is 2.28. The number of hydrogen-bond acceptors (Lipinski definition) is 5. The summed E-state index contributed by atoms with van der Waals surface area (Å²) in [6.45, 7) is 9.52. The van der Waals surface area contributed by atoms with E-state index in [1.165, 1.54) is 0 Å². The van der Waals surface area contributed by atoms with Gasteiger partial charge in [-0.1, -0.05) is 12.1 Å². The zero-order valence-corrected chi connectivity index (χ0v) is 18.2. The Morgan fingerprint density at radius 2 is 1.72 bits per heavy atom. The van der Waals surface area contributed by atoms with Crippen molar-refractivity contribution in [2.45, 2.75) is 34.2 Å². The number of hydrogen-bond donors (Lipinski definition) is 2. The minimum Gasteiger partial charge on any atom is -0.490 e. The summed E-state index contributed by atoms with van der Waals surface area (Å²) < 4.78 is 16.3. The SMILES string of the molecule is CCOC(=O)c1cccc(NC(=S)NCc2ccc(OCC)c(OCC)c2)c1C. The molecule has 156 valence electrons. The molecule has 0 unspecified atom stereocenters. The fourth-order valence-electron chi connectivity index (χ4n) is 2.76. The third-order valence-electron chi connectivity index (χ3n) is 4.14. The van der Waals surface area contributed by atoms with E-state index in [1.807, 2.05) is 45.0 Å². The fourth-order valence-corrected chi connectivity index (χ4v) is 2.94. The number of anilines is 1. The summed E-state index contributed by atoms with van der Waals surface area (Å²) in [6.07, 6.45) is 0. The second-order valence-corrected chi connectivity index (χ2v) is 6.56. The molecule has 7 heteroatoms. The van der Waals surface area contributed by atoms with Crippen LogP contribution in [0, 0.1) is 6.92 Å². The lowest BCUT2D eigenvalue weighted by molar-refractivity contribution is 0.0525. The predicted octanol–water partition coefficient (Wildman–Crippen LogP) is 4.46. The molecule has 0 radical (unpaired) electrons. The summed E-state index contributed by atoms with van der Waals surface area (Å²) in [7, 11) is 0. The van der Waals surface area contributed by atoms with Gasteiger partial charge in [0.1, 0.15) is 0 Å². The zero-order chi connectivity index (χ0) is 21.2. The molecule has 0 fully saturated rings. The third kappa shape index (κ3) is 6.35. The van der Waals surface area contributed by atoms with Gasteiger partial charge in [0.15, 0.2) is 16.6 Å². The summed E-state index contributed by atoms with van der Waals surface area (Å²) >= 11 is 5.41. The predicted molar refractivity (Wildman–Crippen MR) is 119 cm³/mol. The molecule has 0 aliphatic carbocycles. The molecule has 0 amide bonds. The van der Waals surface area contributed by atoms with Gasteiger partial charge in [-0.2, -0.15) is 0 Å². The molecule has 2 N–H and O–H groups in total. The number of thiocarbonyl (C=S) groups is 1. The van der Waals surface area contributed by atoms with E-state index in [2.05, 4.69) is 10.6 Å². The molecule has 0 bridgehead atoms. The molecule has 2 aromatic rings. The highest BCUT2D eigenvalue weighted by Gasteiger charge is 2.13. The van der Waals surface area contributed by atoms with E-state index in [-0.39, 0.29) is 5.97 Å². The Hall–Kier alpha value is -2.80. The summed E-state index contributed by atoms with van der Waals surface area (Å²) in [5.74, 6) is 1.10. The van der Waals surface area contributed by atoms with E-state index >= 15 is 0 Å². The van der Waals surface area contributed by atoms with Crippen molar-refractivity contribution in [3.63, 3.8) is 0 Å². The topological polar surface area (TPSA) is 68.8 Å². The normalized spacial score (nSPS) is 10.2. The summed E-state index contributed by atoms with van der Waals surface area (Å²) in [6, 6.07) is 11.2. The van der Waals surface area contributed by atoms with Gasteiger partial charge in [-0.05, 0) is 75.3 Å². The van der Waals surface area contributed by atoms with E-state index in [1.54, 1.807) is 19.1 Å². The van der Waals surface area contributed by atoms with Gasteiger partial charge in [-0.15, -0.1) is 0 Å². The number of carbonyl (C=O) groups is 1. The van der Waals surface area contributed by atoms with Crippen molar-refractivity contribution in [3.05, 3.63) is 53.1 Å². The maximum absolute atomic E-state index is 12.1. The molecule has 0 saturated carbocycles. The Bertz CT molecular complexity index is 855. The molecule has 0 aromatic heterocycles. The molecular weight excluding hydrogens is 388 g/mol. The molecule has 2 aromatic carbocycles. The van der Waals surface area contributed by atoms with Crippen molar-refractivity contribution in [2.24, 2.45) is 0 Å². The number of nitrogens with one attached hydrogen (secondary N) is 2. The van der Waals surface area contributed by atoms with Crippen LogP contribution in [0.15, 0.2) is 36.4 Å². The average Bonchev–Trinajstić information content (AvgIpc) is 2.70. The van der Waals surface area contributed by atoms with Crippen molar-refractivity contribution in [2.75, 3.05) is 25.1 Å². The smallest absolute Gasteiger partial charge is 0.338 e. The van der Waals surface area contributed by atoms with Gasteiger partial charge in [0, 0.05) is 12.2 Å². The van der Waals surface area contributed by atoms with Crippen molar-refractivity contribution in [3.8, 4) is 11.5 Å². The van der Waals surface area contributed by atoms with E-state index in [9.17, 15) is 4.79 Å². The van der Waals surface area contributed by atoms with Crippen molar-refractivity contribution >= 4 is 29.0 Å². The zero-order valence-electron chi connectivity index (χ0n) is 17.3. The first kappa shape index (κ1) is 22.5. The van der Waals surface area contributed by atoms with Crippen LogP contribution in [0.5, 0.6) is 11.5 Å². The molecule has 0 spiro atoms. The van der Waals surface area contributed by atoms with Gasteiger partial charge >= 0.3 is 5.97 Å². The summed E-state index contributed by atoms with van der Waals surface area (Å²) in [5.41, 5.74) is 3.08. The van der Waals surface area contributed by atoms with Crippen molar-refractivity contribution in [1.29, 1.82) is 0 Å². The highest BCUT2D eigenvalue weighted by molar-refractivity contribution is 7.80. The second-order valence-electron chi connectivity index (χ2n) is 6.15. The van der Waals surface area contributed by atoms with Gasteiger partial charge in [0.25, 0.3) is 0 Å². The van der Waals surface area contributed by atoms with E-state index in [4.69, 9.17) is 26.4 Å². The largest absolute Gasteiger partial charge is 0.490 e. The van der Waals surface area contributed by atoms with E-state index < -0.39 is 0 Å². The van der Waals surface area contributed by atoms with Crippen LogP contribution in [0.1, 0.15) is 42.3 Å². The number of carbonyl (C=O) groups excluding carboxylic acids is 1. The Morgan fingerprint density at radius 3 is 2.41 bits per heavy atom. The van der Waals surface area contributed by atoms with Crippen LogP contribution in [0.25, 0.3) is 0 Å². The lowest BCUT2D eigenvalue weighted by atomic mass is 10.1. The average molecular weight is 417 g/mol. The molecule has 29 heavy (non-hydrogen) atoms. The third-order valence-corrected chi connectivity index (χ3v) is 4.38. The van der Waals surface area contributed by atoms with Crippen molar-refractivity contribution < 1.29 is 19.0 Å². The van der Waals surface area contributed by atoms with Gasteiger partial charge in [-0.3, -0.25) is 0 Å². The molecule has 6 nitrogen and oxygen atoms in total. The van der Waals surface area contributed by atoms with Crippen LogP contribution >= 0.6 is 12.2 Å². The van der Waals surface area contributed by atoms with Gasteiger partial charge in [-0.25, -0.2) is 4.79 Å². The Labute approximate surface area is 177 Å². The minimum atomic E-state index is -0.342. The molecule has 2 rings (SSSR count). The molecule has 0 aliphatic rings. The number of ether oxygens (including phenoxy) is 3. The van der Waals surface area contributed by atoms with E-state index in [0.717, 1.165) is 22.6 Å². The lowest BCUT2D eigenvalue weighted by Gasteiger charge is -2.16. The van der Waals surface area contributed by atoms with E-state index in [0.29, 0.717) is 42.8 Å². The van der Waals surface area contributed by atoms with Crippen molar-refractivity contribution in [1.82, 2.24) is 5.32 Å². The first-order valence-corrected chi connectivity index (χ1v) is 10.1. The van der Waals surface area contributed by atoms with Gasteiger partial charge in [0.05, 0.1) is 25.4 Å². The summed E-state index contributed by atoms with van der Waals surface area (Å²) in [4.78, 5) is 12.1. The molecular formula is C22H28N2O4S.